The first-order valence-electron chi connectivity index (χ1n) is 7.24. The summed E-state index contributed by atoms with van der Waals surface area (Å²) in [4.78, 5) is 3.98. The fraction of sp³-hybridized carbons (Fsp3) is 0.625. The van der Waals surface area contributed by atoms with Crippen molar-refractivity contribution in [1.82, 2.24) is 4.90 Å². The van der Waals surface area contributed by atoms with E-state index >= 15 is 0 Å². The molecule has 18 heavy (non-hydrogen) atoms. The molecule has 0 N–H and O–H groups in total. The van der Waals surface area contributed by atoms with E-state index in [1.54, 1.807) is 0 Å². The summed E-state index contributed by atoms with van der Waals surface area (Å²) in [5.74, 6) is 1.21. The van der Waals surface area contributed by atoms with Gasteiger partial charge in [-0.2, -0.15) is 0 Å². The zero-order chi connectivity index (χ0) is 12.6. The quantitative estimate of drug-likeness (QED) is 0.571. The summed E-state index contributed by atoms with van der Waals surface area (Å²) in [6, 6.07) is 11.6. The van der Waals surface area contributed by atoms with E-state index in [-0.39, 0.29) is 0 Å². The van der Waals surface area contributed by atoms with Crippen molar-refractivity contribution in [1.29, 1.82) is 0 Å². The molecular weight excluding hydrogens is 238 g/mol. The van der Waals surface area contributed by atoms with Crippen LogP contribution in [0, 0.1) is 0 Å². The van der Waals surface area contributed by atoms with Crippen molar-refractivity contribution >= 4 is 11.8 Å². The Bertz CT molecular complexity index is 317. The summed E-state index contributed by atoms with van der Waals surface area (Å²) < 4.78 is 0. The largest absolute Gasteiger partial charge is 0.303 e. The highest BCUT2D eigenvalue weighted by Gasteiger charge is 2.16. The zero-order valence-corrected chi connectivity index (χ0v) is 12.3. The molecule has 0 aromatic heterocycles. The average Bonchev–Trinajstić information content (AvgIpc) is 2.69. The molecule has 0 atom stereocenters. The highest BCUT2D eigenvalue weighted by molar-refractivity contribution is 7.99. The lowest BCUT2D eigenvalue weighted by atomic mass is 10.1. The van der Waals surface area contributed by atoms with E-state index in [9.17, 15) is 0 Å². The minimum atomic E-state index is 0.837. The van der Waals surface area contributed by atoms with Crippen LogP contribution in [0.25, 0.3) is 0 Å². The maximum Gasteiger partial charge on any atom is 0.0108 e. The van der Waals surface area contributed by atoms with Crippen molar-refractivity contribution in [2.24, 2.45) is 0 Å². The number of rotatable bonds is 5. The molecule has 1 nitrogen and oxygen atoms in total. The third-order valence-electron chi connectivity index (χ3n) is 3.90. The summed E-state index contributed by atoms with van der Waals surface area (Å²) in [6.07, 6.45) is 8.58. The molecule has 0 amide bonds. The van der Waals surface area contributed by atoms with Crippen LogP contribution in [0.1, 0.15) is 38.5 Å². The van der Waals surface area contributed by atoms with E-state index in [2.05, 4.69) is 42.3 Å². The second kappa shape index (κ2) is 7.85. The lowest BCUT2D eigenvalue weighted by Gasteiger charge is -2.26. The van der Waals surface area contributed by atoms with Gasteiger partial charge in [0.25, 0.3) is 0 Å². The van der Waals surface area contributed by atoms with Gasteiger partial charge in [0.1, 0.15) is 0 Å². The summed E-state index contributed by atoms with van der Waals surface area (Å²) in [5, 5.41) is 0. The van der Waals surface area contributed by atoms with E-state index in [4.69, 9.17) is 0 Å². The maximum absolute atomic E-state index is 2.58. The minimum Gasteiger partial charge on any atom is -0.303 e. The van der Waals surface area contributed by atoms with Crippen molar-refractivity contribution in [3.8, 4) is 0 Å². The first-order chi connectivity index (χ1) is 8.86. The summed E-state index contributed by atoms with van der Waals surface area (Å²) >= 11 is 1.98. The van der Waals surface area contributed by atoms with E-state index in [0.29, 0.717) is 0 Å². The lowest BCUT2D eigenvalue weighted by molar-refractivity contribution is 0.234. The van der Waals surface area contributed by atoms with Gasteiger partial charge in [-0.05, 0) is 32.0 Å². The lowest BCUT2D eigenvalue weighted by Crippen LogP contribution is -2.33. The van der Waals surface area contributed by atoms with Crippen molar-refractivity contribution < 1.29 is 0 Å². The van der Waals surface area contributed by atoms with Crippen LogP contribution in [0.4, 0.5) is 0 Å². The standard InChI is InChI=1S/C16H25NS/c1-17(15-9-5-2-3-6-10-15)13-14-18-16-11-7-4-8-12-16/h4,7-8,11-12,15H,2-3,5-6,9-10,13-14H2,1H3. The summed E-state index contributed by atoms with van der Waals surface area (Å²) in [6.45, 7) is 1.21. The predicted molar refractivity (Wildman–Crippen MR) is 81.3 cm³/mol. The molecule has 0 radical (unpaired) electrons. The Balaban J connectivity index is 1.69. The van der Waals surface area contributed by atoms with Gasteiger partial charge >= 0.3 is 0 Å². The number of hydrogen-bond acceptors (Lipinski definition) is 2. The molecule has 2 heteroatoms. The van der Waals surface area contributed by atoms with Crippen molar-refractivity contribution in [2.75, 3.05) is 19.3 Å². The van der Waals surface area contributed by atoms with E-state index in [0.717, 1.165) is 6.04 Å². The van der Waals surface area contributed by atoms with Crippen LogP contribution >= 0.6 is 11.8 Å². The fourth-order valence-electron chi connectivity index (χ4n) is 2.71. The molecule has 1 aromatic carbocycles. The zero-order valence-electron chi connectivity index (χ0n) is 11.5. The Morgan fingerprint density at radius 3 is 2.39 bits per heavy atom. The molecule has 0 saturated heterocycles. The van der Waals surface area contributed by atoms with Crippen LogP contribution in [0.5, 0.6) is 0 Å². The first kappa shape index (κ1) is 14.0. The molecule has 100 valence electrons. The van der Waals surface area contributed by atoms with E-state index in [1.807, 2.05) is 11.8 Å². The maximum atomic E-state index is 2.58. The van der Waals surface area contributed by atoms with Crippen LogP contribution < -0.4 is 0 Å². The van der Waals surface area contributed by atoms with Crippen molar-refractivity contribution in [3.05, 3.63) is 30.3 Å². The number of hydrogen-bond donors (Lipinski definition) is 0. The van der Waals surface area contributed by atoms with Gasteiger partial charge in [0.05, 0.1) is 0 Å². The molecule has 1 aromatic rings. The molecule has 0 bridgehead atoms. The Labute approximate surface area is 116 Å². The molecule has 0 aliphatic heterocycles. The third kappa shape index (κ3) is 4.66. The fourth-order valence-corrected chi connectivity index (χ4v) is 3.67. The van der Waals surface area contributed by atoms with Crippen LogP contribution in [0.15, 0.2) is 35.2 Å². The predicted octanol–water partition coefficient (Wildman–Crippen LogP) is 4.43. The molecule has 1 aliphatic rings. The Morgan fingerprint density at radius 2 is 1.72 bits per heavy atom. The van der Waals surface area contributed by atoms with E-state index in [1.165, 1.54) is 55.7 Å². The van der Waals surface area contributed by atoms with Gasteiger partial charge in [0, 0.05) is 23.2 Å². The smallest absolute Gasteiger partial charge is 0.0108 e. The van der Waals surface area contributed by atoms with Gasteiger partial charge in [-0.3, -0.25) is 0 Å². The monoisotopic (exact) mass is 263 g/mol. The first-order valence-corrected chi connectivity index (χ1v) is 8.23. The SMILES string of the molecule is CN(CCSc1ccccc1)C1CCCCCC1. The van der Waals surface area contributed by atoms with Gasteiger partial charge in [-0.25, -0.2) is 0 Å². The highest BCUT2D eigenvalue weighted by atomic mass is 32.2. The van der Waals surface area contributed by atoms with Gasteiger partial charge < -0.3 is 4.90 Å². The minimum absolute atomic E-state index is 0.837. The Morgan fingerprint density at radius 1 is 1.06 bits per heavy atom. The van der Waals surface area contributed by atoms with Gasteiger partial charge in [0.15, 0.2) is 0 Å². The molecule has 1 aliphatic carbocycles. The topological polar surface area (TPSA) is 3.24 Å². The van der Waals surface area contributed by atoms with Crippen LogP contribution in [0.3, 0.4) is 0 Å². The molecule has 0 spiro atoms. The van der Waals surface area contributed by atoms with Crippen molar-refractivity contribution in [3.63, 3.8) is 0 Å². The van der Waals surface area contributed by atoms with Gasteiger partial charge in [-0.15, -0.1) is 11.8 Å². The summed E-state index contributed by atoms with van der Waals surface area (Å²) in [5.41, 5.74) is 0. The number of nitrogens with zero attached hydrogens (tertiary/aromatic N) is 1. The molecule has 0 unspecified atom stereocenters. The van der Waals surface area contributed by atoms with Gasteiger partial charge in [-0.1, -0.05) is 43.9 Å². The number of benzene rings is 1. The Kier molecular flexibility index (Phi) is 6.09. The highest BCUT2D eigenvalue weighted by Crippen LogP contribution is 2.22. The normalized spacial score (nSPS) is 17.9. The van der Waals surface area contributed by atoms with Crippen molar-refractivity contribution in [2.45, 2.75) is 49.5 Å². The third-order valence-corrected chi connectivity index (χ3v) is 4.90. The van der Waals surface area contributed by atoms with E-state index < -0.39 is 0 Å². The summed E-state index contributed by atoms with van der Waals surface area (Å²) in [7, 11) is 2.31. The second-order valence-electron chi connectivity index (χ2n) is 5.29. The van der Waals surface area contributed by atoms with Gasteiger partial charge in [0.2, 0.25) is 0 Å². The van der Waals surface area contributed by atoms with Crippen LogP contribution in [-0.4, -0.2) is 30.3 Å². The second-order valence-corrected chi connectivity index (χ2v) is 6.46. The average molecular weight is 263 g/mol. The number of thioether (sulfide) groups is 1. The molecular formula is C16H25NS. The molecule has 1 fully saturated rings. The molecule has 2 rings (SSSR count). The van der Waals surface area contributed by atoms with Crippen LogP contribution in [0.2, 0.25) is 0 Å². The molecule has 1 saturated carbocycles. The van der Waals surface area contributed by atoms with Crippen LogP contribution in [-0.2, 0) is 0 Å². The Hall–Kier alpha value is -0.470. The molecule has 0 heterocycles.